The zero-order valence-electron chi connectivity index (χ0n) is 10.8. The average Bonchev–Trinajstić information content (AvgIpc) is 2.46. The minimum Gasteiger partial charge on any atom is -0.488 e. The Morgan fingerprint density at radius 1 is 1.29 bits per heavy atom. The van der Waals surface area contributed by atoms with Gasteiger partial charge in [-0.3, -0.25) is 14.9 Å². The summed E-state index contributed by atoms with van der Waals surface area (Å²) in [5, 5.41) is 11.1. The van der Waals surface area contributed by atoms with Crippen molar-refractivity contribution >= 4 is 34.2 Å². The summed E-state index contributed by atoms with van der Waals surface area (Å²) in [4.78, 5) is 21.6. The molecular weight excluding hydrogens is 387 g/mol. The number of para-hydroxylation sites is 1. The second-order valence-corrected chi connectivity index (χ2v) is 5.35. The smallest absolute Gasteiger partial charge is 0.276 e. The lowest BCUT2D eigenvalue weighted by Gasteiger charge is -2.09. The maximum absolute atomic E-state index is 11.1. The summed E-state index contributed by atoms with van der Waals surface area (Å²) in [5.41, 5.74) is 5.42. The molecule has 0 aliphatic carbocycles. The highest BCUT2D eigenvalue weighted by molar-refractivity contribution is 14.1. The summed E-state index contributed by atoms with van der Waals surface area (Å²) in [6, 6.07) is 11.4. The third-order valence-electron chi connectivity index (χ3n) is 2.79. The van der Waals surface area contributed by atoms with Crippen molar-refractivity contribution in [2.45, 2.75) is 6.61 Å². The Bertz CT molecular complexity index is 703. The topological polar surface area (TPSA) is 95.5 Å². The SMILES string of the molecule is NC(=O)c1ccc(COc2ccccc2I)c([N+](=O)[O-])c1. The van der Waals surface area contributed by atoms with Gasteiger partial charge in [0, 0.05) is 11.6 Å². The first kappa shape index (κ1) is 15.2. The van der Waals surface area contributed by atoms with E-state index in [1.54, 1.807) is 6.07 Å². The Labute approximate surface area is 134 Å². The lowest BCUT2D eigenvalue weighted by Crippen LogP contribution is -2.12. The van der Waals surface area contributed by atoms with E-state index in [2.05, 4.69) is 22.6 Å². The van der Waals surface area contributed by atoms with Gasteiger partial charge >= 0.3 is 0 Å². The van der Waals surface area contributed by atoms with Crippen LogP contribution in [0.2, 0.25) is 0 Å². The van der Waals surface area contributed by atoms with Crippen LogP contribution >= 0.6 is 22.6 Å². The van der Waals surface area contributed by atoms with Gasteiger partial charge in [-0.15, -0.1) is 0 Å². The molecule has 0 radical (unpaired) electrons. The first-order valence-corrected chi connectivity index (χ1v) is 7.01. The fourth-order valence-electron chi connectivity index (χ4n) is 1.73. The summed E-state index contributed by atoms with van der Waals surface area (Å²) in [5.74, 6) is -0.0606. The van der Waals surface area contributed by atoms with Crippen molar-refractivity contribution in [3.8, 4) is 5.75 Å². The molecule has 0 aromatic heterocycles. The number of hydrogen-bond donors (Lipinski definition) is 1. The molecule has 21 heavy (non-hydrogen) atoms. The summed E-state index contributed by atoms with van der Waals surface area (Å²) in [6.07, 6.45) is 0. The predicted molar refractivity (Wildman–Crippen MR) is 85.1 cm³/mol. The van der Waals surface area contributed by atoms with Gasteiger partial charge in [-0.05, 0) is 46.9 Å². The maximum Gasteiger partial charge on any atom is 0.276 e. The van der Waals surface area contributed by atoms with Crippen LogP contribution in [0.5, 0.6) is 5.75 Å². The number of nitrogens with two attached hydrogens (primary N) is 1. The largest absolute Gasteiger partial charge is 0.488 e. The predicted octanol–water partition coefficient (Wildman–Crippen LogP) is 2.88. The number of nitro groups is 1. The highest BCUT2D eigenvalue weighted by atomic mass is 127. The lowest BCUT2D eigenvalue weighted by atomic mass is 10.1. The minimum atomic E-state index is -0.705. The number of nitrogens with zero attached hydrogens (tertiary/aromatic N) is 1. The minimum absolute atomic E-state index is 0.0371. The van der Waals surface area contributed by atoms with Gasteiger partial charge < -0.3 is 10.5 Å². The monoisotopic (exact) mass is 398 g/mol. The zero-order valence-corrected chi connectivity index (χ0v) is 12.9. The highest BCUT2D eigenvalue weighted by Crippen LogP contribution is 2.25. The third kappa shape index (κ3) is 3.69. The first-order valence-electron chi connectivity index (χ1n) is 5.93. The Morgan fingerprint density at radius 3 is 2.62 bits per heavy atom. The van der Waals surface area contributed by atoms with Gasteiger partial charge in [0.1, 0.15) is 12.4 Å². The summed E-state index contributed by atoms with van der Waals surface area (Å²) < 4.78 is 6.49. The van der Waals surface area contributed by atoms with E-state index in [0.29, 0.717) is 11.3 Å². The molecule has 0 atom stereocenters. The summed E-state index contributed by atoms with van der Waals surface area (Å²) in [6.45, 7) is 0.0371. The van der Waals surface area contributed by atoms with Crippen molar-refractivity contribution in [3.05, 3.63) is 67.3 Å². The molecule has 0 bridgehead atoms. The molecule has 2 rings (SSSR count). The van der Waals surface area contributed by atoms with E-state index in [4.69, 9.17) is 10.5 Å². The molecule has 2 aromatic carbocycles. The third-order valence-corrected chi connectivity index (χ3v) is 3.68. The normalized spacial score (nSPS) is 10.1. The van der Waals surface area contributed by atoms with Crippen molar-refractivity contribution in [2.75, 3.05) is 0 Å². The van der Waals surface area contributed by atoms with Gasteiger partial charge in [-0.1, -0.05) is 12.1 Å². The number of halogens is 1. The van der Waals surface area contributed by atoms with E-state index in [0.717, 1.165) is 9.64 Å². The Morgan fingerprint density at radius 2 is 2.00 bits per heavy atom. The number of ether oxygens (including phenoxy) is 1. The first-order chi connectivity index (χ1) is 9.99. The number of rotatable bonds is 5. The van der Waals surface area contributed by atoms with E-state index in [-0.39, 0.29) is 17.9 Å². The fraction of sp³-hybridized carbons (Fsp3) is 0.0714. The molecule has 6 nitrogen and oxygen atoms in total. The number of hydrogen-bond acceptors (Lipinski definition) is 4. The van der Waals surface area contributed by atoms with E-state index < -0.39 is 10.8 Å². The van der Waals surface area contributed by atoms with E-state index in [9.17, 15) is 14.9 Å². The molecule has 0 aliphatic heterocycles. The van der Waals surface area contributed by atoms with E-state index in [1.807, 2.05) is 18.2 Å². The fourth-order valence-corrected chi connectivity index (χ4v) is 2.27. The second kappa shape index (κ2) is 6.53. The van der Waals surface area contributed by atoms with Crippen molar-refractivity contribution in [3.63, 3.8) is 0 Å². The van der Waals surface area contributed by atoms with Crippen LogP contribution < -0.4 is 10.5 Å². The molecule has 108 valence electrons. The van der Waals surface area contributed by atoms with Crippen LogP contribution in [-0.4, -0.2) is 10.8 Å². The average molecular weight is 398 g/mol. The zero-order chi connectivity index (χ0) is 15.4. The number of carbonyl (C=O) groups excluding carboxylic acids is 1. The van der Waals surface area contributed by atoms with Gasteiger partial charge in [0.05, 0.1) is 14.1 Å². The number of carbonyl (C=O) groups is 1. The highest BCUT2D eigenvalue weighted by Gasteiger charge is 2.17. The van der Waals surface area contributed by atoms with Crippen molar-refractivity contribution in [1.29, 1.82) is 0 Å². The van der Waals surface area contributed by atoms with Gasteiger partial charge in [-0.2, -0.15) is 0 Å². The molecular formula is C14H11IN2O4. The van der Waals surface area contributed by atoms with Crippen LogP contribution in [0.4, 0.5) is 5.69 Å². The molecule has 2 aromatic rings. The molecule has 0 aliphatic rings. The molecule has 7 heteroatoms. The second-order valence-electron chi connectivity index (χ2n) is 4.18. The quantitative estimate of drug-likeness (QED) is 0.476. The Kier molecular flexibility index (Phi) is 4.73. The summed E-state index contributed by atoms with van der Waals surface area (Å²) >= 11 is 2.12. The van der Waals surface area contributed by atoms with Crippen LogP contribution in [0.1, 0.15) is 15.9 Å². The van der Waals surface area contributed by atoms with Crippen LogP contribution in [0.15, 0.2) is 42.5 Å². The van der Waals surface area contributed by atoms with Crippen LogP contribution in [0.25, 0.3) is 0 Å². The van der Waals surface area contributed by atoms with Gasteiger partial charge in [-0.25, -0.2) is 0 Å². The summed E-state index contributed by atoms with van der Waals surface area (Å²) in [7, 11) is 0. The van der Waals surface area contributed by atoms with Crippen molar-refractivity contribution < 1.29 is 14.5 Å². The molecule has 2 N–H and O–H groups in total. The number of nitro benzene ring substituents is 1. The van der Waals surface area contributed by atoms with Crippen molar-refractivity contribution in [2.24, 2.45) is 5.73 Å². The lowest BCUT2D eigenvalue weighted by molar-refractivity contribution is -0.385. The standard InChI is InChI=1S/C14H11IN2O4/c15-11-3-1-2-4-13(11)21-8-10-6-5-9(14(16)18)7-12(10)17(19)20/h1-7H,8H2,(H2,16,18). The Hall–Kier alpha value is -2.16. The molecule has 0 spiro atoms. The van der Waals surface area contributed by atoms with Gasteiger partial charge in [0.25, 0.3) is 5.69 Å². The molecule has 0 fully saturated rings. The Balaban J connectivity index is 2.26. The molecule has 0 saturated heterocycles. The van der Waals surface area contributed by atoms with Crippen LogP contribution in [0, 0.1) is 13.7 Å². The van der Waals surface area contributed by atoms with E-state index in [1.165, 1.54) is 12.1 Å². The maximum atomic E-state index is 11.1. The van der Waals surface area contributed by atoms with Crippen LogP contribution in [0.3, 0.4) is 0 Å². The van der Waals surface area contributed by atoms with Crippen molar-refractivity contribution in [1.82, 2.24) is 0 Å². The molecule has 1 amide bonds. The van der Waals surface area contributed by atoms with E-state index >= 15 is 0 Å². The molecule has 0 saturated carbocycles. The number of benzene rings is 2. The van der Waals surface area contributed by atoms with Crippen LogP contribution in [-0.2, 0) is 6.61 Å². The molecule has 0 unspecified atom stereocenters. The van der Waals surface area contributed by atoms with Gasteiger partial charge in [0.15, 0.2) is 0 Å². The number of primary amides is 1. The van der Waals surface area contributed by atoms with Gasteiger partial charge in [0.2, 0.25) is 5.91 Å². The molecule has 0 heterocycles. The number of amides is 1.